The Balaban J connectivity index is 1.39. The molecule has 0 bridgehead atoms. The van der Waals surface area contributed by atoms with Crippen LogP contribution in [-0.4, -0.2) is 25.0 Å². The van der Waals surface area contributed by atoms with Gasteiger partial charge in [0.1, 0.15) is 0 Å². The summed E-state index contributed by atoms with van der Waals surface area (Å²) >= 11 is 0. The average Bonchev–Trinajstić information content (AvgIpc) is 3.20. The summed E-state index contributed by atoms with van der Waals surface area (Å²) in [5.41, 5.74) is 1.64. The Morgan fingerprint density at radius 2 is 1.70 bits per heavy atom. The van der Waals surface area contributed by atoms with Gasteiger partial charge in [-0.15, -0.1) is 0 Å². The number of rotatable bonds is 11. The van der Waals surface area contributed by atoms with Gasteiger partial charge in [-0.2, -0.15) is 0 Å². The second-order valence-electron chi connectivity index (χ2n) is 14.9. The molecule has 0 aliphatic heterocycles. The van der Waals surface area contributed by atoms with E-state index in [1.54, 1.807) is 6.92 Å². The first-order valence-electron chi connectivity index (χ1n) is 16.3. The molecule has 0 saturated heterocycles. The Morgan fingerprint density at radius 3 is 2.43 bits per heavy atom. The molecule has 4 saturated carbocycles. The summed E-state index contributed by atoms with van der Waals surface area (Å²) in [6.45, 7) is 20.1. The van der Waals surface area contributed by atoms with Gasteiger partial charge in [-0.3, -0.25) is 4.79 Å². The van der Waals surface area contributed by atoms with Crippen LogP contribution in [0.4, 0.5) is 0 Å². The third-order valence-electron chi connectivity index (χ3n) is 12.4. The maximum Gasteiger partial charge on any atom is 0.246 e. The minimum atomic E-state index is -0.00539. The van der Waals surface area contributed by atoms with E-state index in [9.17, 15) is 4.79 Å². The molecule has 4 aliphatic rings. The van der Waals surface area contributed by atoms with E-state index in [0.29, 0.717) is 22.4 Å². The average molecular weight is 513 g/mol. The zero-order valence-corrected chi connectivity index (χ0v) is 25.3. The second-order valence-corrected chi connectivity index (χ2v) is 14.9. The summed E-state index contributed by atoms with van der Waals surface area (Å²) in [4.78, 5) is 11.8. The summed E-state index contributed by atoms with van der Waals surface area (Å²) < 4.78 is 0. The number of fused-ring (bicyclic) bond motifs is 5. The van der Waals surface area contributed by atoms with Crippen molar-refractivity contribution >= 4 is 5.91 Å². The van der Waals surface area contributed by atoms with Crippen LogP contribution in [0, 0.1) is 52.3 Å². The van der Waals surface area contributed by atoms with E-state index >= 15 is 0 Å². The van der Waals surface area contributed by atoms with Gasteiger partial charge in [0.15, 0.2) is 0 Å². The quantitative estimate of drug-likeness (QED) is 0.217. The van der Waals surface area contributed by atoms with Crippen LogP contribution in [0.1, 0.15) is 125 Å². The molecule has 0 aromatic heterocycles. The Kier molecular flexibility index (Phi) is 9.56. The highest BCUT2D eigenvalue weighted by Crippen LogP contribution is 2.68. The van der Waals surface area contributed by atoms with Crippen LogP contribution in [0.3, 0.4) is 0 Å². The smallest absolute Gasteiger partial charge is 0.246 e. The molecule has 3 heteroatoms. The normalized spacial score (nSPS) is 40.0. The summed E-state index contributed by atoms with van der Waals surface area (Å²) in [6.07, 6.45) is 18.3. The van der Waals surface area contributed by atoms with Gasteiger partial charge >= 0.3 is 0 Å². The topological polar surface area (TPSA) is 41.1 Å². The molecule has 3 nitrogen and oxygen atoms in total. The molecule has 212 valence electrons. The molecule has 4 aliphatic carbocycles. The fourth-order valence-corrected chi connectivity index (χ4v) is 10.4. The lowest BCUT2D eigenvalue weighted by molar-refractivity contribution is -0.127. The molecule has 0 heterocycles. The van der Waals surface area contributed by atoms with Crippen LogP contribution in [0.25, 0.3) is 0 Å². The van der Waals surface area contributed by atoms with E-state index < -0.39 is 0 Å². The van der Waals surface area contributed by atoms with Crippen LogP contribution < -0.4 is 10.6 Å². The Morgan fingerprint density at radius 1 is 0.919 bits per heavy atom. The number of carbonyl (C=O) groups excluding carboxylic acids is 1. The van der Waals surface area contributed by atoms with Crippen molar-refractivity contribution < 1.29 is 4.79 Å². The molecule has 4 rings (SSSR count). The minimum Gasteiger partial charge on any atom is -0.352 e. The third-order valence-corrected chi connectivity index (χ3v) is 12.4. The third kappa shape index (κ3) is 5.87. The van der Waals surface area contributed by atoms with Crippen LogP contribution in [0.5, 0.6) is 0 Å². The lowest BCUT2D eigenvalue weighted by Crippen LogP contribution is -2.61. The zero-order valence-electron chi connectivity index (χ0n) is 25.3. The van der Waals surface area contributed by atoms with E-state index in [0.717, 1.165) is 60.9 Å². The van der Waals surface area contributed by atoms with Crippen molar-refractivity contribution in [3.63, 3.8) is 0 Å². The molecule has 37 heavy (non-hydrogen) atoms. The van der Waals surface area contributed by atoms with E-state index in [2.05, 4.69) is 51.8 Å². The van der Waals surface area contributed by atoms with Crippen LogP contribution >= 0.6 is 0 Å². The number of carbonyl (C=O) groups is 1. The predicted octanol–water partition coefficient (Wildman–Crippen LogP) is 8.15. The van der Waals surface area contributed by atoms with Crippen LogP contribution in [0.15, 0.2) is 12.2 Å². The Labute approximate surface area is 229 Å². The summed E-state index contributed by atoms with van der Waals surface area (Å²) in [7, 11) is 0. The van der Waals surface area contributed by atoms with E-state index in [-0.39, 0.29) is 5.91 Å². The van der Waals surface area contributed by atoms with Crippen molar-refractivity contribution in [3.05, 3.63) is 12.2 Å². The van der Waals surface area contributed by atoms with Crippen molar-refractivity contribution in [2.24, 2.45) is 52.3 Å². The molecule has 0 radical (unpaired) electrons. The SMILES string of the molecule is C=C(C)C(=O)NCCCNC1CCCC2CC[C@@H]3[C@H](CC[C@]4(C)[C@@H]([C@H](C)CCCC(C)C)CC[C@@H]34)[C@]21C. The van der Waals surface area contributed by atoms with Gasteiger partial charge in [-0.05, 0) is 124 Å². The predicted molar refractivity (Wildman–Crippen MR) is 157 cm³/mol. The Hall–Kier alpha value is -0.830. The standard InChI is InChI=1S/C34H60N2O/c1-23(2)11-8-12-25(5)28-17-18-29-27-16-15-26-13-9-14-31(35-21-10-22-36-32(37)24(3)4)34(26,7)30(27)19-20-33(28,29)6/h23,25-31,35H,3,8-22H2,1-2,4-7H3,(H,36,37)/t25-,26?,27+,28-,29+,30+,31?,33-,34+/m1/s1. The van der Waals surface area contributed by atoms with Gasteiger partial charge in [0, 0.05) is 18.2 Å². The number of amides is 1. The fourth-order valence-electron chi connectivity index (χ4n) is 10.4. The lowest BCUT2D eigenvalue weighted by atomic mass is 9.43. The first-order valence-corrected chi connectivity index (χ1v) is 16.3. The van der Waals surface area contributed by atoms with Gasteiger partial charge < -0.3 is 10.6 Å². The zero-order chi connectivity index (χ0) is 26.8. The molecule has 2 unspecified atom stereocenters. The first-order chi connectivity index (χ1) is 17.6. The van der Waals surface area contributed by atoms with Crippen molar-refractivity contribution in [3.8, 4) is 0 Å². The second kappa shape index (κ2) is 12.1. The Bertz CT molecular complexity index is 791. The molecule has 9 atom stereocenters. The van der Waals surface area contributed by atoms with Crippen molar-refractivity contribution in [1.82, 2.24) is 10.6 Å². The molecule has 4 fully saturated rings. The van der Waals surface area contributed by atoms with E-state index in [1.807, 2.05) is 0 Å². The van der Waals surface area contributed by atoms with E-state index in [4.69, 9.17) is 0 Å². The summed E-state index contributed by atoms with van der Waals surface area (Å²) in [6, 6.07) is 0.646. The molecule has 1 amide bonds. The highest BCUT2D eigenvalue weighted by atomic mass is 16.1. The monoisotopic (exact) mass is 512 g/mol. The molecule has 0 aromatic rings. The molecular weight excluding hydrogens is 452 g/mol. The highest BCUT2D eigenvalue weighted by Gasteiger charge is 2.61. The van der Waals surface area contributed by atoms with Crippen LogP contribution in [-0.2, 0) is 4.79 Å². The van der Waals surface area contributed by atoms with E-state index in [1.165, 1.54) is 77.0 Å². The number of hydrogen-bond donors (Lipinski definition) is 2. The van der Waals surface area contributed by atoms with Crippen molar-refractivity contribution in [1.29, 1.82) is 0 Å². The van der Waals surface area contributed by atoms with Gasteiger partial charge in [0.05, 0.1) is 0 Å². The van der Waals surface area contributed by atoms with Gasteiger partial charge in [-0.1, -0.05) is 66.9 Å². The number of hydrogen-bond acceptors (Lipinski definition) is 2. The largest absolute Gasteiger partial charge is 0.352 e. The van der Waals surface area contributed by atoms with Crippen molar-refractivity contribution in [2.45, 2.75) is 131 Å². The van der Waals surface area contributed by atoms with Crippen LogP contribution in [0.2, 0.25) is 0 Å². The van der Waals surface area contributed by atoms with Crippen molar-refractivity contribution in [2.75, 3.05) is 13.1 Å². The first kappa shape index (κ1) is 29.2. The summed E-state index contributed by atoms with van der Waals surface area (Å²) in [5.74, 6) is 6.40. The maximum atomic E-state index is 11.8. The minimum absolute atomic E-state index is 0.00539. The summed E-state index contributed by atoms with van der Waals surface area (Å²) in [5, 5.41) is 7.07. The van der Waals surface area contributed by atoms with Gasteiger partial charge in [-0.25, -0.2) is 0 Å². The molecule has 2 N–H and O–H groups in total. The highest BCUT2D eigenvalue weighted by molar-refractivity contribution is 5.91. The molecule has 0 aromatic carbocycles. The molecule has 0 spiro atoms. The molecular formula is C34H60N2O. The maximum absolute atomic E-state index is 11.8. The lowest BCUT2D eigenvalue weighted by Gasteiger charge is -2.63. The fraction of sp³-hybridized carbons (Fsp3) is 0.912. The number of nitrogens with one attached hydrogen (secondary N) is 2. The van der Waals surface area contributed by atoms with Gasteiger partial charge in [0.25, 0.3) is 0 Å². The van der Waals surface area contributed by atoms with Gasteiger partial charge in [0.2, 0.25) is 5.91 Å².